The van der Waals surface area contributed by atoms with Crippen molar-refractivity contribution in [3.63, 3.8) is 0 Å². The fourth-order valence-corrected chi connectivity index (χ4v) is 6.44. The summed E-state index contributed by atoms with van der Waals surface area (Å²) in [6, 6.07) is -0.470. The highest BCUT2D eigenvalue weighted by Gasteiger charge is 2.48. The highest BCUT2D eigenvalue weighted by molar-refractivity contribution is 7.66. The predicted molar refractivity (Wildman–Crippen MR) is 103 cm³/mol. The maximum Gasteiger partial charge on any atom is 0.490 e. The standard InChI is InChI=1S/C12H20N5O11P3/c1-6-8(3-26-30(22,23)28-31(24,25)27-29(19,20)21)7(2-18)10(6)17-5-16-9-11(13)14-4-15-12(9)17/h4-5,7-8,10-11,18H,1-3,13H2,(H,14,15)(H,22,23)(H,24,25)(H2,19,20,21)/t7?,8-,10+,11?/m1/s1. The van der Waals surface area contributed by atoms with Gasteiger partial charge in [-0.25, -0.2) is 18.7 Å². The van der Waals surface area contributed by atoms with E-state index in [9.17, 15) is 28.6 Å². The monoisotopic (exact) mass is 503 g/mol. The van der Waals surface area contributed by atoms with E-state index < -0.39 is 54.1 Å². The molecular weight excluding hydrogens is 483 g/mol. The topological polar surface area (TPSA) is 248 Å². The summed E-state index contributed by atoms with van der Waals surface area (Å²) in [5, 5.41) is 12.7. The van der Waals surface area contributed by atoms with Gasteiger partial charge in [0.1, 0.15) is 17.7 Å². The molecule has 0 amide bonds. The van der Waals surface area contributed by atoms with Crippen LogP contribution in [-0.4, -0.2) is 53.8 Å². The van der Waals surface area contributed by atoms with Crippen molar-refractivity contribution in [2.75, 3.05) is 18.5 Å². The summed E-state index contributed by atoms with van der Waals surface area (Å²) in [4.78, 5) is 44.0. The lowest BCUT2D eigenvalue weighted by molar-refractivity contribution is 0.0495. The molecule has 19 heteroatoms. The first-order valence-corrected chi connectivity index (χ1v) is 12.9. The van der Waals surface area contributed by atoms with E-state index in [4.69, 9.17) is 15.5 Å². The molecule has 1 saturated carbocycles. The van der Waals surface area contributed by atoms with Crippen molar-refractivity contribution in [3.8, 4) is 0 Å². The number of aromatic nitrogens is 2. The molecule has 0 bridgehead atoms. The second-order valence-corrected chi connectivity index (χ2v) is 11.0. The zero-order chi connectivity index (χ0) is 23.2. The van der Waals surface area contributed by atoms with Gasteiger partial charge in [-0.05, 0) is 5.57 Å². The zero-order valence-corrected chi connectivity index (χ0v) is 18.2. The second-order valence-electron chi connectivity index (χ2n) is 6.61. The Hall–Kier alpha value is -1.25. The largest absolute Gasteiger partial charge is 0.490 e. The van der Waals surface area contributed by atoms with Crippen LogP contribution in [0.4, 0.5) is 5.82 Å². The molecule has 1 aliphatic heterocycles. The Morgan fingerprint density at radius 2 is 1.87 bits per heavy atom. The summed E-state index contributed by atoms with van der Waals surface area (Å²) >= 11 is 0. The number of nitrogens with zero attached hydrogens (tertiary/aromatic N) is 3. The van der Waals surface area contributed by atoms with Gasteiger partial charge in [0.05, 0.1) is 25.3 Å². The molecule has 8 N–H and O–H groups in total. The fraction of sp³-hybridized carbons (Fsp3) is 0.500. The number of anilines is 1. The minimum atomic E-state index is -5.61. The van der Waals surface area contributed by atoms with Gasteiger partial charge in [-0.1, -0.05) is 6.58 Å². The van der Waals surface area contributed by atoms with Crippen LogP contribution in [0.2, 0.25) is 0 Å². The SMILES string of the molecule is C=C1[C@@H](COP(=O)(O)OP(=O)(O)OP(=O)(O)O)C(CO)[C@H]1n1cnc2c1NC=NC2N. The Balaban J connectivity index is 1.67. The molecule has 1 fully saturated rings. The highest BCUT2D eigenvalue weighted by atomic mass is 31.3. The summed E-state index contributed by atoms with van der Waals surface area (Å²) in [5.74, 6) is -0.669. The van der Waals surface area contributed by atoms with Gasteiger partial charge in [0.25, 0.3) is 0 Å². The number of fused-ring (bicyclic) bond motifs is 1. The van der Waals surface area contributed by atoms with Crippen LogP contribution in [0.1, 0.15) is 17.9 Å². The lowest BCUT2D eigenvalue weighted by Crippen LogP contribution is -2.45. The van der Waals surface area contributed by atoms with Crippen molar-refractivity contribution in [1.82, 2.24) is 9.55 Å². The smallest absolute Gasteiger partial charge is 0.396 e. The number of aliphatic hydroxyl groups excluding tert-OH is 1. The molecule has 31 heavy (non-hydrogen) atoms. The quantitative estimate of drug-likeness (QED) is 0.173. The van der Waals surface area contributed by atoms with E-state index in [1.54, 1.807) is 4.57 Å². The molecule has 3 rings (SSSR count). The normalized spacial score (nSPS) is 29.4. The van der Waals surface area contributed by atoms with Gasteiger partial charge in [0.15, 0.2) is 0 Å². The number of phosphoric ester groups is 1. The van der Waals surface area contributed by atoms with Crippen LogP contribution in [0.5, 0.6) is 0 Å². The van der Waals surface area contributed by atoms with E-state index in [-0.39, 0.29) is 6.61 Å². The van der Waals surface area contributed by atoms with Gasteiger partial charge >= 0.3 is 23.5 Å². The fourth-order valence-electron chi connectivity index (χ4n) is 3.39. The van der Waals surface area contributed by atoms with E-state index in [1.807, 2.05) is 0 Å². The summed E-state index contributed by atoms with van der Waals surface area (Å²) in [5.41, 5.74) is 6.81. The second kappa shape index (κ2) is 8.60. The van der Waals surface area contributed by atoms with E-state index in [0.29, 0.717) is 17.1 Å². The van der Waals surface area contributed by atoms with E-state index in [0.717, 1.165) is 0 Å². The molecule has 0 aromatic carbocycles. The van der Waals surface area contributed by atoms with Gasteiger partial charge in [-0.2, -0.15) is 8.62 Å². The van der Waals surface area contributed by atoms with Crippen LogP contribution in [0.15, 0.2) is 23.5 Å². The highest BCUT2D eigenvalue weighted by Crippen LogP contribution is 2.66. The van der Waals surface area contributed by atoms with Crippen molar-refractivity contribution in [2.24, 2.45) is 22.6 Å². The molecule has 1 aromatic rings. The molecule has 0 spiro atoms. The Labute approximate surface area is 174 Å². The zero-order valence-electron chi connectivity index (χ0n) is 15.5. The van der Waals surface area contributed by atoms with Crippen LogP contribution >= 0.6 is 23.5 Å². The Morgan fingerprint density at radius 3 is 2.48 bits per heavy atom. The van der Waals surface area contributed by atoms with Gasteiger partial charge in [-0.3, -0.25) is 9.52 Å². The number of nitrogens with two attached hydrogens (primary N) is 1. The first-order chi connectivity index (χ1) is 14.2. The molecule has 174 valence electrons. The third kappa shape index (κ3) is 5.40. The van der Waals surface area contributed by atoms with E-state index in [1.165, 1.54) is 12.7 Å². The summed E-state index contributed by atoms with van der Waals surface area (Å²) in [6.07, 6.45) is 2.20. The van der Waals surface area contributed by atoms with Crippen LogP contribution in [-0.2, 0) is 26.8 Å². The number of aliphatic hydroxyl groups is 1. The Kier molecular flexibility index (Phi) is 6.76. The third-order valence-corrected chi connectivity index (χ3v) is 8.46. The van der Waals surface area contributed by atoms with E-state index >= 15 is 0 Å². The molecular formula is C12H20N5O11P3. The summed E-state index contributed by atoms with van der Waals surface area (Å²) in [7, 11) is -16.4. The first kappa shape index (κ1) is 24.4. The van der Waals surface area contributed by atoms with Crippen molar-refractivity contribution in [1.29, 1.82) is 0 Å². The van der Waals surface area contributed by atoms with Crippen molar-refractivity contribution < 1.29 is 51.5 Å². The average molecular weight is 503 g/mol. The first-order valence-electron chi connectivity index (χ1n) is 8.43. The van der Waals surface area contributed by atoms with Crippen molar-refractivity contribution in [3.05, 3.63) is 24.2 Å². The third-order valence-electron chi connectivity index (χ3n) is 4.66. The number of nitrogens with one attached hydrogen (secondary N) is 1. The minimum Gasteiger partial charge on any atom is -0.396 e. The molecule has 6 atom stereocenters. The van der Waals surface area contributed by atoms with Gasteiger partial charge in [0.2, 0.25) is 0 Å². The predicted octanol–water partition coefficient (Wildman–Crippen LogP) is -0.0269. The number of hydrogen-bond donors (Lipinski definition) is 7. The minimum absolute atomic E-state index is 0.374. The van der Waals surface area contributed by atoms with Crippen molar-refractivity contribution >= 4 is 35.6 Å². The maximum atomic E-state index is 11.9. The Bertz CT molecular complexity index is 1040. The van der Waals surface area contributed by atoms with Crippen LogP contribution in [0.25, 0.3) is 0 Å². The molecule has 4 unspecified atom stereocenters. The summed E-state index contributed by atoms with van der Waals surface area (Å²) < 4.78 is 47.6. The van der Waals surface area contributed by atoms with Gasteiger partial charge < -0.3 is 40.3 Å². The van der Waals surface area contributed by atoms with Crippen molar-refractivity contribution in [2.45, 2.75) is 12.2 Å². The number of rotatable bonds is 9. The molecule has 16 nitrogen and oxygen atoms in total. The average Bonchev–Trinajstić information content (AvgIpc) is 3.01. The van der Waals surface area contributed by atoms with Crippen LogP contribution in [0, 0.1) is 11.8 Å². The molecule has 2 heterocycles. The number of hydrogen-bond acceptors (Lipinski definition) is 11. The van der Waals surface area contributed by atoms with Crippen LogP contribution in [0.3, 0.4) is 0 Å². The van der Waals surface area contributed by atoms with Gasteiger partial charge in [0, 0.05) is 18.4 Å². The molecule has 2 aliphatic rings. The maximum absolute atomic E-state index is 11.9. The molecule has 1 aliphatic carbocycles. The molecule has 0 saturated heterocycles. The Morgan fingerprint density at radius 1 is 1.19 bits per heavy atom. The molecule has 0 radical (unpaired) electrons. The number of imidazole rings is 1. The molecule has 1 aromatic heterocycles. The summed E-state index contributed by atoms with van der Waals surface area (Å²) in [6.45, 7) is 2.96. The number of phosphoric acid groups is 3. The lowest BCUT2D eigenvalue weighted by Gasteiger charge is -2.47. The number of aliphatic imine (C=N–C) groups is 1. The van der Waals surface area contributed by atoms with E-state index in [2.05, 4.69) is 35.0 Å². The lowest BCUT2D eigenvalue weighted by atomic mass is 9.66. The van der Waals surface area contributed by atoms with Gasteiger partial charge in [-0.15, -0.1) is 0 Å². The van der Waals surface area contributed by atoms with Crippen LogP contribution < -0.4 is 11.1 Å².